The summed E-state index contributed by atoms with van der Waals surface area (Å²) in [6, 6.07) is 4.51. The van der Waals surface area contributed by atoms with Crippen LogP contribution < -0.4 is 4.74 Å². The first-order chi connectivity index (χ1) is 9.86. The van der Waals surface area contributed by atoms with Gasteiger partial charge < -0.3 is 9.84 Å². The van der Waals surface area contributed by atoms with Gasteiger partial charge in [0.1, 0.15) is 10.6 Å². The van der Waals surface area contributed by atoms with Gasteiger partial charge in [-0.25, -0.2) is 8.42 Å². The van der Waals surface area contributed by atoms with E-state index in [9.17, 15) is 13.5 Å². The molecule has 1 N–H and O–H groups in total. The van der Waals surface area contributed by atoms with Gasteiger partial charge in [-0.3, -0.25) is 0 Å². The molecule has 1 aliphatic rings. The van der Waals surface area contributed by atoms with Crippen LogP contribution in [0.2, 0.25) is 5.02 Å². The molecule has 5 nitrogen and oxygen atoms in total. The predicted molar refractivity (Wildman–Crippen MR) is 81.2 cm³/mol. The molecule has 1 heterocycles. The number of benzene rings is 1. The summed E-state index contributed by atoms with van der Waals surface area (Å²) in [5.74, 6) is 0.406. The summed E-state index contributed by atoms with van der Waals surface area (Å²) in [5, 5.41) is 10.0. The first-order valence-corrected chi connectivity index (χ1v) is 8.70. The minimum absolute atomic E-state index is 0.130. The summed E-state index contributed by atoms with van der Waals surface area (Å²) in [4.78, 5) is 0.130. The minimum atomic E-state index is -3.60. The van der Waals surface area contributed by atoms with E-state index >= 15 is 0 Å². The molecule has 7 heteroatoms. The normalized spacial score (nSPS) is 19.4. The zero-order valence-corrected chi connectivity index (χ0v) is 13.7. The van der Waals surface area contributed by atoms with E-state index in [1.54, 1.807) is 13.0 Å². The second-order valence-corrected chi connectivity index (χ2v) is 7.62. The smallest absolute Gasteiger partial charge is 0.246 e. The summed E-state index contributed by atoms with van der Waals surface area (Å²) >= 11 is 5.87. The summed E-state index contributed by atoms with van der Waals surface area (Å²) in [7, 11) is -2.18. The largest absolute Gasteiger partial charge is 0.495 e. The summed E-state index contributed by atoms with van der Waals surface area (Å²) < 4.78 is 32.0. The fourth-order valence-corrected chi connectivity index (χ4v) is 4.36. The maximum atomic E-state index is 12.7. The van der Waals surface area contributed by atoms with Crippen molar-refractivity contribution >= 4 is 21.6 Å². The number of ether oxygens (including phenoxy) is 1. The molecule has 118 valence electrons. The molecule has 0 amide bonds. The van der Waals surface area contributed by atoms with E-state index < -0.39 is 16.1 Å². The van der Waals surface area contributed by atoms with Gasteiger partial charge in [0.15, 0.2) is 0 Å². The van der Waals surface area contributed by atoms with Crippen LogP contribution in [0.5, 0.6) is 5.75 Å². The molecule has 0 bridgehead atoms. The highest BCUT2D eigenvalue weighted by Crippen LogP contribution is 2.32. The predicted octanol–water partition coefficient (Wildman–Crippen LogP) is 2.13. The average molecular weight is 334 g/mol. The molecule has 1 aromatic rings. The van der Waals surface area contributed by atoms with Crippen LogP contribution in [0.25, 0.3) is 0 Å². The van der Waals surface area contributed by atoms with Gasteiger partial charge in [-0.2, -0.15) is 4.31 Å². The maximum Gasteiger partial charge on any atom is 0.246 e. The van der Waals surface area contributed by atoms with Crippen LogP contribution in [0.1, 0.15) is 19.8 Å². The van der Waals surface area contributed by atoms with Crippen LogP contribution >= 0.6 is 11.6 Å². The molecular weight excluding hydrogens is 314 g/mol. The van der Waals surface area contributed by atoms with Gasteiger partial charge in [-0.15, -0.1) is 0 Å². The molecule has 0 aliphatic carbocycles. The lowest BCUT2D eigenvalue weighted by atomic mass is 9.93. The van der Waals surface area contributed by atoms with Gasteiger partial charge in [-0.1, -0.05) is 11.6 Å². The Morgan fingerprint density at radius 3 is 2.52 bits per heavy atom. The molecule has 0 saturated carbocycles. The van der Waals surface area contributed by atoms with Crippen molar-refractivity contribution in [3.63, 3.8) is 0 Å². The Hall–Kier alpha value is -0.820. The van der Waals surface area contributed by atoms with Crippen LogP contribution in [0, 0.1) is 5.92 Å². The lowest BCUT2D eigenvalue weighted by Gasteiger charge is -2.32. The Kier molecular flexibility index (Phi) is 5.14. The molecule has 1 unspecified atom stereocenters. The van der Waals surface area contributed by atoms with Crippen LogP contribution in [-0.2, 0) is 10.0 Å². The molecule has 0 spiro atoms. The van der Waals surface area contributed by atoms with Crippen molar-refractivity contribution < 1.29 is 18.3 Å². The van der Waals surface area contributed by atoms with E-state index in [2.05, 4.69) is 0 Å². The zero-order chi connectivity index (χ0) is 15.6. The third-order valence-corrected chi connectivity index (χ3v) is 6.10. The van der Waals surface area contributed by atoms with Gasteiger partial charge in [0.25, 0.3) is 0 Å². The number of rotatable bonds is 4. The standard InChI is InChI=1S/C14H20ClNO4S/c1-10(17)11-5-7-16(8-6-11)21(18,19)14-4-3-12(15)9-13(14)20-2/h3-4,9-11,17H,5-8H2,1-2H3. The lowest BCUT2D eigenvalue weighted by molar-refractivity contribution is 0.0911. The Morgan fingerprint density at radius 2 is 2.00 bits per heavy atom. The van der Waals surface area contributed by atoms with Crippen LogP contribution in [0.4, 0.5) is 0 Å². The first kappa shape index (κ1) is 16.5. The van der Waals surface area contributed by atoms with Gasteiger partial charge in [0.05, 0.1) is 13.2 Å². The van der Waals surface area contributed by atoms with E-state index in [0.29, 0.717) is 31.0 Å². The monoisotopic (exact) mass is 333 g/mol. The van der Waals surface area contributed by atoms with Crippen molar-refractivity contribution in [1.82, 2.24) is 4.31 Å². The highest BCUT2D eigenvalue weighted by atomic mass is 35.5. The lowest BCUT2D eigenvalue weighted by Crippen LogP contribution is -2.40. The molecule has 1 atom stereocenters. The van der Waals surface area contributed by atoms with Crippen LogP contribution in [0.3, 0.4) is 0 Å². The van der Waals surface area contributed by atoms with Crippen LogP contribution in [-0.4, -0.2) is 44.1 Å². The number of hydrogen-bond donors (Lipinski definition) is 1. The van der Waals surface area contributed by atoms with Crippen LogP contribution in [0.15, 0.2) is 23.1 Å². The third-order valence-electron chi connectivity index (χ3n) is 3.92. The molecule has 1 aliphatic heterocycles. The number of aliphatic hydroxyl groups is 1. The highest BCUT2D eigenvalue weighted by molar-refractivity contribution is 7.89. The van der Waals surface area contributed by atoms with E-state index in [0.717, 1.165) is 0 Å². The highest BCUT2D eigenvalue weighted by Gasteiger charge is 2.32. The van der Waals surface area contributed by atoms with Crippen molar-refractivity contribution in [2.24, 2.45) is 5.92 Å². The Labute approximate surface area is 130 Å². The minimum Gasteiger partial charge on any atom is -0.495 e. The van der Waals surface area contributed by atoms with Gasteiger partial charge in [-0.05, 0) is 37.8 Å². The topological polar surface area (TPSA) is 66.8 Å². The molecule has 21 heavy (non-hydrogen) atoms. The maximum absolute atomic E-state index is 12.7. The fourth-order valence-electron chi connectivity index (χ4n) is 2.59. The second kappa shape index (κ2) is 6.52. The first-order valence-electron chi connectivity index (χ1n) is 6.88. The molecular formula is C14H20ClNO4S. The van der Waals surface area contributed by atoms with Crippen molar-refractivity contribution in [3.8, 4) is 5.75 Å². The summed E-state index contributed by atoms with van der Waals surface area (Å²) in [6.07, 6.45) is 0.916. The van der Waals surface area contributed by atoms with Gasteiger partial charge >= 0.3 is 0 Å². The Balaban J connectivity index is 2.24. The number of nitrogens with zero attached hydrogens (tertiary/aromatic N) is 1. The number of methoxy groups -OCH3 is 1. The van der Waals surface area contributed by atoms with Gasteiger partial charge in [0.2, 0.25) is 10.0 Å². The molecule has 0 radical (unpaired) electrons. The zero-order valence-electron chi connectivity index (χ0n) is 12.1. The summed E-state index contributed by atoms with van der Waals surface area (Å²) in [6.45, 7) is 2.56. The molecule has 0 aromatic heterocycles. The second-order valence-electron chi connectivity index (χ2n) is 5.28. The van der Waals surface area contributed by atoms with E-state index in [1.807, 2.05) is 0 Å². The van der Waals surface area contributed by atoms with E-state index in [-0.39, 0.29) is 16.6 Å². The molecule has 1 fully saturated rings. The number of piperidine rings is 1. The van der Waals surface area contributed by atoms with E-state index in [4.69, 9.17) is 16.3 Å². The molecule has 2 rings (SSSR count). The SMILES string of the molecule is COc1cc(Cl)ccc1S(=O)(=O)N1CCC(C(C)O)CC1. The number of aliphatic hydroxyl groups excluding tert-OH is 1. The number of hydrogen-bond acceptors (Lipinski definition) is 4. The number of sulfonamides is 1. The van der Waals surface area contributed by atoms with Crippen molar-refractivity contribution in [1.29, 1.82) is 0 Å². The summed E-state index contributed by atoms with van der Waals surface area (Å²) in [5.41, 5.74) is 0. The van der Waals surface area contributed by atoms with E-state index in [1.165, 1.54) is 23.5 Å². The molecule has 1 aromatic carbocycles. The van der Waals surface area contributed by atoms with Crippen molar-refractivity contribution in [2.75, 3.05) is 20.2 Å². The number of halogens is 1. The fraction of sp³-hybridized carbons (Fsp3) is 0.571. The van der Waals surface area contributed by atoms with Crippen molar-refractivity contribution in [2.45, 2.75) is 30.8 Å². The van der Waals surface area contributed by atoms with Crippen molar-refractivity contribution in [3.05, 3.63) is 23.2 Å². The Bertz CT molecular complexity index is 595. The third kappa shape index (κ3) is 3.51. The Morgan fingerprint density at radius 1 is 1.38 bits per heavy atom. The molecule has 1 saturated heterocycles. The van der Waals surface area contributed by atoms with Gasteiger partial charge in [0, 0.05) is 24.2 Å². The quantitative estimate of drug-likeness (QED) is 0.916. The average Bonchev–Trinajstić information content (AvgIpc) is 2.46.